The third-order valence-electron chi connectivity index (χ3n) is 6.71. The molecule has 3 heterocycles. The Balaban J connectivity index is 1.68. The molecule has 1 N–H and O–H groups in total. The maximum absolute atomic E-state index is 13.5. The summed E-state index contributed by atoms with van der Waals surface area (Å²) in [6.45, 7) is 5.46. The molecule has 0 atom stereocenters. The molecule has 0 spiro atoms. The smallest absolute Gasteiger partial charge is 0.335 e. The monoisotopic (exact) mass is 534 g/mol. The SMILES string of the molecule is CCCCc1ncc(/C=C2/C(=O)N(CCCC)C(=O)N2CCc2ccsc2)n1Cc1ccc(C(=O)O)cc1. The van der Waals surface area contributed by atoms with Crippen molar-refractivity contribution in [3.8, 4) is 0 Å². The van der Waals surface area contributed by atoms with Gasteiger partial charge in [-0.15, -0.1) is 0 Å². The molecule has 3 aromatic rings. The van der Waals surface area contributed by atoms with Crippen LogP contribution in [0.5, 0.6) is 0 Å². The van der Waals surface area contributed by atoms with E-state index < -0.39 is 5.97 Å². The van der Waals surface area contributed by atoms with E-state index in [2.05, 4.69) is 21.9 Å². The van der Waals surface area contributed by atoms with E-state index >= 15 is 0 Å². The Morgan fingerprint density at radius 3 is 2.39 bits per heavy atom. The number of aromatic nitrogens is 2. The Morgan fingerprint density at radius 2 is 1.74 bits per heavy atom. The van der Waals surface area contributed by atoms with E-state index in [1.54, 1.807) is 52.8 Å². The fourth-order valence-electron chi connectivity index (χ4n) is 4.47. The first-order valence-electron chi connectivity index (χ1n) is 13.2. The van der Waals surface area contributed by atoms with Gasteiger partial charge in [0.05, 0.1) is 17.5 Å². The van der Waals surface area contributed by atoms with E-state index in [-0.39, 0.29) is 17.5 Å². The largest absolute Gasteiger partial charge is 0.478 e. The summed E-state index contributed by atoms with van der Waals surface area (Å²) >= 11 is 1.61. The van der Waals surface area contributed by atoms with Crippen molar-refractivity contribution < 1.29 is 19.5 Å². The molecule has 1 aliphatic heterocycles. The zero-order valence-corrected chi connectivity index (χ0v) is 22.7. The highest BCUT2D eigenvalue weighted by Crippen LogP contribution is 2.26. The molecule has 38 heavy (non-hydrogen) atoms. The number of unbranched alkanes of at least 4 members (excludes halogenated alkanes) is 2. The van der Waals surface area contributed by atoms with E-state index in [9.17, 15) is 19.5 Å². The predicted octanol–water partition coefficient (Wildman–Crippen LogP) is 5.68. The molecule has 0 aliphatic carbocycles. The summed E-state index contributed by atoms with van der Waals surface area (Å²) in [5.74, 6) is -0.347. The number of aromatic carboxylic acids is 1. The molecule has 0 unspecified atom stereocenters. The van der Waals surface area contributed by atoms with Crippen LogP contribution >= 0.6 is 11.3 Å². The third-order valence-corrected chi connectivity index (χ3v) is 7.44. The molecule has 0 bridgehead atoms. The summed E-state index contributed by atoms with van der Waals surface area (Å²) in [5, 5.41) is 13.3. The molecule has 0 radical (unpaired) electrons. The van der Waals surface area contributed by atoms with Crippen LogP contribution in [0.4, 0.5) is 4.79 Å². The third kappa shape index (κ3) is 6.22. The van der Waals surface area contributed by atoms with Crippen LogP contribution in [0.15, 0.2) is 53.0 Å². The van der Waals surface area contributed by atoms with E-state index in [1.807, 2.05) is 18.4 Å². The zero-order chi connectivity index (χ0) is 27.1. The molecule has 1 saturated heterocycles. The van der Waals surface area contributed by atoms with Crippen LogP contribution in [0.3, 0.4) is 0 Å². The average Bonchev–Trinajstić information content (AvgIpc) is 3.62. The van der Waals surface area contributed by atoms with Gasteiger partial charge in [0, 0.05) is 26.1 Å². The molecule has 200 valence electrons. The van der Waals surface area contributed by atoms with Crippen LogP contribution < -0.4 is 0 Å². The van der Waals surface area contributed by atoms with Gasteiger partial charge in [0.15, 0.2) is 0 Å². The minimum atomic E-state index is -0.965. The van der Waals surface area contributed by atoms with Gasteiger partial charge in [0.1, 0.15) is 11.5 Å². The Morgan fingerprint density at radius 1 is 0.974 bits per heavy atom. The van der Waals surface area contributed by atoms with Gasteiger partial charge < -0.3 is 9.67 Å². The molecule has 1 aromatic carbocycles. The summed E-state index contributed by atoms with van der Waals surface area (Å²) in [6.07, 6.45) is 8.63. The fraction of sp³-hybridized carbons (Fsp3) is 0.379. The summed E-state index contributed by atoms with van der Waals surface area (Å²) in [5.41, 5.74) is 3.41. The number of hydrogen-bond acceptors (Lipinski definition) is 5. The Bertz CT molecular complexity index is 1290. The van der Waals surface area contributed by atoms with Gasteiger partial charge in [-0.1, -0.05) is 38.8 Å². The average molecular weight is 535 g/mol. The number of imidazole rings is 1. The number of thiophene rings is 1. The lowest BCUT2D eigenvalue weighted by molar-refractivity contribution is -0.123. The number of carboxylic acid groups (broad SMARTS) is 1. The summed E-state index contributed by atoms with van der Waals surface area (Å²) in [6, 6.07) is 8.55. The predicted molar refractivity (Wildman–Crippen MR) is 148 cm³/mol. The number of aryl methyl sites for hydroxylation is 1. The van der Waals surface area contributed by atoms with Crippen LogP contribution in [0.25, 0.3) is 6.08 Å². The topological polar surface area (TPSA) is 95.7 Å². The van der Waals surface area contributed by atoms with Crippen molar-refractivity contribution in [2.24, 2.45) is 0 Å². The Hall–Kier alpha value is -3.72. The van der Waals surface area contributed by atoms with Gasteiger partial charge in [-0.05, 0) is 65.4 Å². The van der Waals surface area contributed by atoms with Gasteiger partial charge in [0.25, 0.3) is 5.91 Å². The number of carboxylic acids is 1. The lowest BCUT2D eigenvalue weighted by Gasteiger charge is -2.17. The van der Waals surface area contributed by atoms with Crippen molar-refractivity contribution in [3.63, 3.8) is 0 Å². The highest BCUT2D eigenvalue weighted by Gasteiger charge is 2.40. The van der Waals surface area contributed by atoms with Crippen LogP contribution in [-0.2, 0) is 24.2 Å². The molecule has 8 nitrogen and oxygen atoms in total. The number of carbonyl (C=O) groups excluding carboxylic acids is 2. The minimum absolute atomic E-state index is 0.233. The van der Waals surface area contributed by atoms with E-state index in [0.717, 1.165) is 54.7 Å². The van der Waals surface area contributed by atoms with E-state index in [4.69, 9.17) is 0 Å². The number of benzene rings is 1. The van der Waals surface area contributed by atoms with Crippen LogP contribution in [-0.4, -0.2) is 55.5 Å². The molecular weight excluding hydrogens is 500 g/mol. The van der Waals surface area contributed by atoms with Crippen LogP contribution in [0.2, 0.25) is 0 Å². The van der Waals surface area contributed by atoms with Crippen molar-refractivity contribution >= 4 is 35.3 Å². The number of rotatable bonds is 13. The van der Waals surface area contributed by atoms with E-state index in [1.165, 1.54) is 4.90 Å². The standard InChI is InChI=1S/C29H34N4O4S/c1-3-5-7-26-30-18-24(33(26)19-21-8-10-23(11-9-21)28(35)36)17-25-27(34)32(14-6-4-2)29(37)31(25)15-12-22-13-16-38-20-22/h8-11,13,16-18,20H,3-7,12,14-15,19H2,1-2H3,(H,35,36)/b25-17-. The molecule has 1 aliphatic rings. The van der Waals surface area contributed by atoms with Crippen LogP contribution in [0, 0.1) is 0 Å². The highest BCUT2D eigenvalue weighted by atomic mass is 32.1. The molecule has 9 heteroatoms. The summed E-state index contributed by atoms with van der Waals surface area (Å²) in [7, 11) is 0. The quantitative estimate of drug-likeness (QED) is 0.225. The second kappa shape index (κ2) is 12.7. The summed E-state index contributed by atoms with van der Waals surface area (Å²) in [4.78, 5) is 45.7. The molecule has 4 rings (SSSR count). The lowest BCUT2D eigenvalue weighted by atomic mass is 10.1. The number of urea groups is 1. The van der Waals surface area contributed by atoms with Crippen molar-refractivity contribution in [3.05, 3.63) is 81.2 Å². The molecule has 1 fully saturated rings. The molecule has 3 amide bonds. The van der Waals surface area contributed by atoms with E-state index in [0.29, 0.717) is 31.8 Å². The van der Waals surface area contributed by atoms with Gasteiger partial charge >= 0.3 is 12.0 Å². The van der Waals surface area contributed by atoms with Gasteiger partial charge in [-0.3, -0.25) is 14.6 Å². The second-order valence-electron chi connectivity index (χ2n) is 9.45. The number of carbonyl (C=O) groups is 3. The fourth-order valence-corrected chi connectivity index (χ4v) is 5.17. The minimum Gasteiger partial charge on any atom is -0.478 e. The number of amides is 3. The maximum atomic E-state index is 13.5. The van der Waals surface area contributed by atoms with Gasteiger partial charge in [-0.2, -0.15) is 11.3 Å². The summed E-state index contributed by atoms with van der Waals surface area (Å²) < 4.78 is 2.06. The van der Waals surface area contributed by atoms with Crippen molar-refractivity contribution in [1.29, 1.82) is 0 Å². The number of imide groups is 1. The Kier molecular flexibility index (Phi) is 9.12. The zero-order valence-electron chi connectivity index (χ0n) is 21.9. The highest BCUT2D eigenvalue weighted by molar-refractivity contribution is 7.07. The van der Waals surface area contributed by atoms with Crippen molar-refractivity contribution in [2.75, 3.05) is 13.1 Å². The van der Waals surface area contributed by atoms with Crippen LogP contribution in [0.1, 0.15) is 72.5 Å². The molecule has 0 saturated carbocycles. The van der Waals surface area contributed by atoms with Gasteiger partial charge in [0.2, 0.25) is 0 Å². The lowest BCUT2D eigenvalue weighted by Crippen LogP contribution is -2.34. The maximum Gasteiger partial charge on any atom is 0.335 e. The van der Waals surface area contributed by atoms with Gasteiger partial charge in [-0.25, -0.2) is 14.6 Å². The molecular formula is C29H34N4O4S. The van der Waals surface area contributed by atoms with Crippen molar-refractivity contribution in [2.45, 2.75) is 58.9 Å². The number of nitrogens with zero attached hydrogens (tertiary/aromatic N) is 4. The first-order valence-corrected chi connectivity index (χ1v) is 14.1. The normalized spacial score (nSPS) is 14.7. The first-order chi connectivity index (χ1) is 18.4. The Labute approximate surface area is 227 Å². The van der Waals surface area contributed by atoms with Crippen molar-refractivity contribution in [1.82, 2.24) is 19.4 Å². The second-order valence-corrected chi connectivity index (χ2v) is 10.2. The molecule has 2 aromatic heterocycles. The first kappa shape index (κ1) is 27.3. The number of hydrogen-bond donors (Lipinski definition) is 1.